The Morgan fingerprint density at radius 1 is 0.882 bits per heavy atom. The van der Waals surface area contributed by atoms with E-state index in [-0.39, 0.29) is 5.41 Å². The van der Waals surface area contributed by atoms with Crippen molar-refractivity contribution >= 4 is 4.08 Å². The molecule has 0 aliphatic heterocycles. The average Bonchev–Trinajstić information content (AvgIpc) is 3.74. The summed E-state index contributed by atoms with van der Waals surface area (Å²) in [7, 11) is 0. The molecular formula is C27H28O6W. The first-order chi connectivity index (χ1) is 16.5. The molecule has 34 heavy (non-hydrogen) atoms. The van der Waals surface area contributed by atoms with Crippen molar-refractivity contribution in [3.63, 3.8) is 0 Å². The molecule has 6 nitrogen and oxygen atoms in total. The maximum atomic E-state index is 7.50. The predicted octanol–water partition coefficient (Wildman–Crippen LogP) is 4.69. The molecule has 0 unspecified atom stereocenters. The summed E-state index contributed by atoms with van der Waals surface area (Å²) in [6, 6.07) is 10.9. The zero-order valence-electron chi connectivity index (χ0n) is 19.6. The summed E-state index contributed by atoms with van der Waals surface area (Å²) in [6.45, 7) is 29.6. The molecule has 1 aromatic rings. The minimum atomic E-state index is 0.131. The van der Waals surface area contributed by atoms with Gasteiger partial charge in [-0.05, 0) is 0 Å². The quantitative estimate of drug-likeness (QED) is 0.268. The molecule has 2 saturated carbocycles. The predicted molar refractivity (Wildman–Crippen MR) is 116 cm³/mol. The molecule has 7 heteroatoms. The fourth-order valence-corrected chi connectivity index (χ4v) is 4.58. The Morgan fingerprint density at radius 2 is 1.38 bits per heavy atom. The third kappa shape index (κ3) is 13.6. The summed E-state index contributed by atoms with van der Waals surface area (Å²) >= 11 is 1.37. The molecule has 2 aliphatic carbocycles. The third-order valence-corrected chi connectivity index (χ3v) is 6.43. The summed E-state index contributed by atoms with van der Waals surface area (Å²) in [5, 5.41) is 0. The van der Waals surface area contributed by atoms with Crippen molar-refractivity contribution in [2.45, 2.75) is 64.4 Å². The van der Waals surface area contributed by atoms with Crippen LogP contribution >= 0.6 is 0 Å². The van der Waals surface area contributed by atoms with Crippen molar-refractivity contribution in [1.29, 1.82) is 0 Å². The van der Waals surface area contributed by atoms with Gasteiger partial charge in [0, 0.05) is 0 Å². The molecule has 178 valence electrons. The SMILES string of the molecule is C[C@@H]1CC[C@@H](C(C)(C)c2ccccc2)[C@H](O[C](=[W])C#CC2CC2)C1.[C-]#[O+].[C-]#[O+].[C-]#[O+].[C-]#[O+].[C-]#[O+]. The van der Waals surface area contributed by atoms with Gasteiger partial charge in [-0.3, -0.25) is 0 Å². The molecule has 1 aromatic carbocycles. The van der Waals surface area contributed by atoms with Crippen LogP contribution in [0.15, 0.2) is 30.3 Å². The van der Waals surface area contributed by atoms with E-state index in [9.17, 15) is 0 Å². The zero-order valence-corrected chi connectivity index (χ0v) is 22.5. The van der Waals surface area contributed by atoms with E-state index >= 15 is 0 Å². The van der Waals surface area contributed by atoms with E-state index in [1.54, 1.807) is 0 Å². The molecule has 3 atom stereocenters. The molecule has 0 heterocycles. The Labute approximate surface area is 214 Å². The number of benzene rings is 1. The fourth-order valence-electron chi connectivity index (χ4n) is 3.92. The number of rotatable bonds is 4. The van der Waals surface area contributed by atoms with E-state index in [1.165, 1.54) is 50.6 Å². The van der Waals surface area contributed by atoms with Gasteiger partial charge in [0.2, 0.25) is 0 Å². The minimum absolute atomic E-state index is 0.131. The third-order valence-electron chi connectivity index (χ3n) is 5.71. The van der Waals surface area contributed by atoms with Gasteiger partial charge in [0.15, 0.2) is 0 Å². The molecule has 2 aliphatic rings. The second-order valence-electron chi connectivity index (χ2n) is 8.10. The molecule has 0 spiro atoms. The second-order valence-corrected chi connectivity index (χ2v) is 9.43. The van der Waals surface area contributed by atoms with Crippen LogP contribution in [0.5, 0.6) is 0 Å². The van der Waals surface area contributed by atoms with Gasteiger partial charge >= 0.3 is 215 Å². The van der Waals surface area contributed by atoms with Gasteiger partial charge in [-0.25, -0.2) is 0 Å². The first kappa shape index (κ1) is 36.6. The number of hydrogen-bond donors (Lipinski definition) is 0. The molecule has 0 amide bonds. The van der Waals surface area contributed by atoms with Gasteiger partial charge in [0.05, 0.1) is 0 Å². The van der Waals surface area contributed by atoms with E-state index < -0.39 is 0 Å². The van der Waals surface area contributed by atoms with Gasteiger partial charge < -0.3 is 0 Å². The second kappa shape index (κ2) is 22.8. The normalized spacial score (nSPS) is 19.5. The van der Waals surface area contributed by atoms with E-state index in [1.807, 2.05) is 0 Å². The van der Waals surface area contributed by atoms with Crippen LogP contribution in [0.4, 0.5) is 0 Å². The van der Waals surface area contributed by atoms with Gasteiger partial charge in [-0.15, -0.1) is 0 Å². The number of hydrogen-bond acceptors (Lipinski definition) is 1. The van der Waals surface area contributed by atoms with Gasteiger partial charge in [0.1, 0.15) is 0 Å². The van der Waals surface area contributed by atoms with Gasteiger partial charge in [-0.1, -0.05) is 0 Å². The van der Waals surface area contributed by atoms with Gasteiger partial charge in [0.25, 0.3) is 0 Å². The van der Waals surface area contributed by atoms with Crippen LogP contribution in [0.25, 0.3) is 0 Å². The van der Waals surface area contributed by atoms with Crippen molar-refractivity contribution in [3.8, 4) is 11.8 Å². The standard InChI is InChI=1S/C22H28O.5CO.W/c1-17-11-14-20(22(2,3)19-9-5-4-6-10-19)21(16-17)23-15-7-8-18-12-13-18;5*1-2;/h4-6,9-10,17-18,20-21H,11-14,16H2,1-3H3;;;;;;/t17-,20-,21-;;;;;;/m1....../s1. The molecular weight excluding hydrogens is 604 g/mol. The van der Waals surface area contributed by atoms with Crippen LogP contribution in [-0.4, -0.2) is 10.2 Å². The van der Waals surface area contributed by atoms with E-state index in [0.29, 0.717) is 17.9 Å². The maximum absolute atomic E-state index is 7.50. The van der Waals surface area contributed by atoms with Crippen molar-refractivity contribution in [2.75, 3.05) is 0 Å². The summed E-state index contributed by atoms with van der Waals surface area (Å²) in [4.78, 5) is 0. The summed E-state index contributed by atoms with van der Waals surface area (Å²) in [5.41, 5.74) is 1.55. The first-order valence-corrected chi connectivity index (χ1v) is 11.7. The summed E-state index contributed by atoms with van der Waals surface area (Å²) < 4.78 is 44.9. The molecule has 3 rings (SSSR count). The van der Waals surface area contributed by atoms with Crippen LogP contribution in [-0.2, 0) is 52.8 Å². The monoisotopic (exact) mass is 632 g/mol. The van der Waals surface area contributed by atoms with Gasteiger partial charge in [-0.2, -0.15) is 0 Å². The van der Waals surface area contributed by atoms with E-state index in [4.69, 9.17) is 28.0 Å². The van der Waals surface area contributed by atoms with Crippen LogP contribution in [0, 0.1) is 62.8 Å². The van der Waals surface area contributed by atoms with Crippen LogP contribution in [0.1, 0.15) is 58.4 Å². The van der Waals surface area contributed by atoms with E-state index in [0.717, 1.165) is 16.4 Å². The molecule has 0 aromatic heterocycles. The number of ether oxygens (including phenoxy) is 1. The Morgan fingerprint density at radius 3 is 1.85 bits per heavy atom. The topological polar surface area (TPSA) is 109 Å². The molecule has 0 N–H and O–H groups in total. The summed E-state index contributed by atoms with van der Waals surface area (Å²) in [5.74, 6) is 8.59. The van der Waals surface area contributed by atoms with Crippen molar-refractivity contribution in [1.82, 2.24) is 0 Å². The Kier molecular flexibility index (Phi) is 24.5. The molecule has 2 fully saturated rings. The average molecular weight is 632 g/mol. The Balaban J connectivity index is -0.000000854. The van der Waals surface area contributed by atoms with Crippen LogP contribution < -0.4 is 0 Å². The molecule has 0 bridgehead atoms. The van der Waals surface area contributed by atoms with Crippen molar-refractivity contribution in [2.24, 2.45) is 17.8 Å². The Bertz CT molecular complexity index is 815. The molecule has 0 saturated heterocycles. The van der Waals surface area contributed by atoms with Crippen molar-refractivity contribution in [3.05, 3.63) is 69.1 Å². The zero-order chi connectivity index (χ0) is 27.2. The fraction of sp³-hybridized carbons (Fsp3) is 0.481. The Hall–Kier alpha value is -2.00. The van der Waals surface area contributed by atoms with Crippen LogP contribution in [0.2, 0.25) is 0 Å². The van der Waals surface area contributed by atoms with E-state index in [2.05, 4.69) is 96.2 Å². The first-order valence-electron chi connectivity index (χ1n) is 10.3. The van der Waals surface area contributed by atoms with Crippen LogP contribution in [0.3, 0.4) is 0 Å². The van der Waals surface area contributed by atoms with Crippen molar-refractivity contribution < 1.29 is 47.4 Å². The molecule has 0 radical (unpaired) electrons. The summed E-state index contributed by atoms with van der Waals surface area (Å²) in [6.07, 6.45) is 6.56.